The molecule has 0 saturated heterocycles. The molecule has 1 unspecified atom stereocenters. The Morgan fingerprint density at radius 1 is 1.12 bits per heavy atom. The lowest BCUT2D eigenvalue weighted by molar-refractivity contribution is -0.160. The van der Waals surface area contributed by atoms with E-state index < -0.39 is 11.6 Å². The van der Waals surface area contributed by atoms with E-state index in [0.717, 1.165) is 37.9 Å². The van der Waals surface area contributed by atoms with Crippen molar-refractivity contribution in [3.05, 3.63) is 88.2 Å². The van der Waals surface area contributed by atoms with Crippen LogP contribution in [0.4, 0.5) is 0 Å². The van der Waals surface area contributed by atoms with Crippen molar-refractivity contribution >= 4 is 17.6 Å². The van der Waals surface area contributed by atoms with Crippen LogP contribution >= 0.6 is 11.6 Å². The molecule has 1 saturated carbocycles. The zero-order chi connectivity index (χ0) is 28.6. The maximum absolute atomic E-state index is 12.6. The molecule has 3 aliphatic rings. The van der Waals surface area contributed by atoms with E-state index in [2.05, 4.69) is 43.1 Å². The van der Waals surface area contributed by atoms with Gasteiger partial charge in [0.05, 0.1) is 6.61 Å². The highest BCUT2D eigenvalue weighted by molar-refractivity contribution is 6.30. The highest BCUT2D eigenvalue weighted by Crippen LogP contribution is 2.56. The first-order valence-electron chi connectivity index (χ1n) is 15.2. The molecule has 6 rings (SSSR count). The molecule has 3 atom stereocenters. The van der Waals surface area contributed by atoms with Gasteiger partial charge in [0.15, 0.2) is 0 Å². The number of hydrogen-bond acceptors (Lipinski definition) is 4. The van der Waals surface area contributed by atoms with Crippen molar-refractivity contribution in [1.82, 2.24) is 4.98 Å². The summed E-state index contributed by atoms with van der Waals surface area (Å²) < 4.78 is 12.7. The van der Waals surface area contributed by atoms with Crippen LogP contribution in [0.5, 0.6) is 11.5 Å². The number of nitrogens with zero attached hydrogens (tertiary/aromatic N) is 1. The molecule has 3 aliphatic carbocycles. The highest BCUT2D eigenvalue weighted by Gasteiger charge is 2.55. The summed E-state index contributed by atoms with van der Waals surface area (Å²) in [5.74, 6) is 1.89. The quantitative estimate of drug-likeness (QED) is 0.294. The van der Waals surface area contributed by atoms with Crippen LogP contribution < -0.4 is 9.47 Å². The number of carbonyl (C=O) groups is 1. The molecule has 0 amide bonds. The number of aliphatic carboxylic acids is 1. The van der Waals surface area contributed by atoms with Crippen LogP contribution in [0, 0.1) is 11.8 Å². The van der Waals surface area contributed by atoms with Crippen molar-refractivity contribution in [3.63, 3.8) is 0 Å². The monoisotopic (exact) mass is 573 g/mol. The molecule has 1 heterocycles. The van der Waals surface area contributed by atoms with Crippen LogP contribution in [0.3, 0.4) is 0 Å². The number of rotatable bonds is 8. The number of aromatic nitrogens is 1. The van der Waals surface area contributed by atoms with E-state index in [-0.39, 0.29) is 5.41 Å². The zero-order valence-electron chi connectivity index (χ0n) is 24.1. The zero-order valence-corrected chi connectivity index (χ0v) is 24.8. The Morgan fingerprint density at radius 3 is 2.71 bits per heavy atom. The molecule has 1 spiro atoms. The number of benzene rings is 2. The topological polar surface area (TPSA) is 68.7 Å². The van der Waals surface area contributed by atoms with E-state index in [9.17, 15) is 9.90 Å². The van der Waals surface area contributed by atoms with E-state index >= 15 is 0 Å². The van der Waals surface area contributed by atoms with Crippen LogP contribution in [0.2, 0.25) is 5.02 Å². The number of pyridine rings is 1. The fourth-order valence-corrected chi connectivity index (χ4v) is 8.10. The molecule has 1 N–H and O–H groups in total. The Hall–Kier alpha value is -3.05. The maximum atomic E-state index is 12.6. The number of carboxylic acids is 1. The van der Waals surface area contributed by atoms with Crippen molar-refractivity contribution in [2.45, 2.75) is 88.6 Å². The van der Waals surface area contributed by atoms with Gasteiger partial charge in [-0.25, -0.2) is 4.79 Å². The number of carboxylic acid groups (broad SMARTS) is 1. The Labute approximate surface area is 248 Å². The van der Waals surface area contributed by atoms with E-state index in [1.54, 1.807) is 24.3 Å². The molecule has 6 heteroatoms. The van der Waals surface area contributed by atoms with Gasteiger partial charge in [0.25, 0.3) is 0 Å². The third-order valence-corrected chi connectivity index (χ3v) is 10.3. The van der Waals surface area contributed by atoms with E-state index in [1.165, 1.54) is 35.2 Å². The van der Waals surface area contributed by atoms with E-state index in [1.807, 2.05) is 12.3 Å². The minimum absolute atomic E-state index is 0.0498. The van der Waals surface area contributed by atoms with Crippen molar-refractivity contribution < 1.29 is 19.4 Å². The van der Waals surface area contributed by atoms with Gasteiger partial charge in [-0.15, -0.1) is 0 Å². The van der Waals surface area contributed by atoms with Gasteiger partial charge >= 0.3 is 5.97 Å². The van der Waals surface area contributed by atoms with Crippen LogP contribution in [0.15, 0.2) is 60.8 Å². The van der Waals surface area contributed by atoms with E-state index in [4.69, 9.17) is 21.1 Å². The van der Waals surface area contributed by atoms with Crippen LogP contribution in [0.1, 0.15) is 87.1 Å². The van der Waals surface area contributed by atoms with Gasteiger partial charge in [-0.05, 0) is 116 Å². The normalized spacial score (nSPS) is 27.6. The van der Waals surface area contributed by atoms with Crippen molar-refractivity contribution in [1.29, 1.82) is 0 Å². The number of ether oxygens (including phenoxy) is 2. The predicted octanol–water partition coefficient (Wildman–Crippen LogP) is 8.17. The summed E-state index contributed by atoms with van der Waals surface area (Å²) in [5.41, 5.74) is 4.00. The summed E-state index contributed by atoms with van der Waals surface area (Å²) in [7, 11) is 0. The molecular formula is C35H40ClNO4. The molecule has 41 heavy (non-hydrogen) atoms. The summed E-state index contributed by atoms with van der Waals surface area (Å²) in [5, 5.41) is 10.9. The van der Waals surface area contributed by atoms with Gasteiger partial charge in [0.1, 0.15) is 11.5 Å². The highest BCUT2D eigenvalue weighted by atomic mass is 35.5. The number of aryl methyl sites for hydroxylation is 1. The largest absolute Gasteiger partial charge is 0.493 e. The van der Waals surface area contributed by atoms with Crippen LogP contribution in [0.25, 0.3) is 0 Å². The SMILES string of the molecule is C[C@@H](COc1ccnc2c1[C@H](C)CCC2)CC1Cc2ccccc2C12CCC(Oc1cccc(Cl)c1)(C(=O)O)CC2. The molecule has 216 valence electrons. The first-order chi connectivity index (χ1) is 19.8. The van der Waals surface area contributed by atoms with Crippen molar-refractivity contribution in [3.8, 4) is 11.5 Å². The molecule has 0 aliphatic heterocycles. The third-order valence-electron chi connectivity index (χ3n) is 10.0. The smallest absolute Gasteiger partial charge is 0.348 e. The van der Waals surface area contributed by atoms with Gasteiger partial charge in [-0.3, -0.25) is 4.98 Å². The second-order valence-corrected chi connectivity index (χ2v) is 13.1. The van der Waals surface area contributed by atoms with Crippen LogP contribution in [-0.4, -0.2) is 28.3 Å². The Kier molecular flexibility index (Phi) is 7.76. The van der Waals surface area contributed by atoms with Gasteiger partial charge in [-0.1, -0.05) is 55.8 Å². The number of hydrogen-bond donors (Lipinski definition) is 1. The first-order valence-corrected chi connectivity index (χ1v) is 15.5. The molecule has 2 aromatic carbocycles. The summed E-state index contributed by atoms with van der Waals surface area (Å²) in [4.78, 5) is 17.3. The van der Waals surface area contributed by atoms with Gasteiger partial charge < -0.3 is 14.6 Å². The Morgan fingerprint density at radius 2 is 1.93 bits per heavy atom. The Balaban J connectivity index is 1.19. The fourth-order valence-electron chi connectivity index (χ4n) is 7.92. The summed E-state index contributed by atoms with van der Waals surface area (Å²) >= 11 is 6.18. The standard InChI is InChI=1S/C35H40ClNO4/c1-23(22-40-31-13-18-37-30-12-5-7-24(2)32(30)31)19-26-20-25-8-3-4-11-29(25)34(26)14-16-35(17-15-34,33(38)39)41-28-10-6-9-27(36)21-28/h3-4,6,8-11,13,18,21,23-24,26H,5,7,12,14-17,19-20,22H2,1-2H3,(H,38,39)/t23-,24-,26?,34?,35?/m1/s1. The van der Waals surface area contributed by atoms with E-state index in [0.29, 0.717) is 48.0 Å². The minimum atomic E-state index is -1.25. The second-order valence-electron chi connectivity index (χ2n) is 12.7. The first kappa shape index (κ1) is 28.1. The van der Waals surface area contributed by atoms with Gasteiger partial charge in [0.2, 0.25) is 5.60 Å². The van der Waals surface area contributed by atoms with Gasteiger partial charge in [0, 0.05) is 22.5 Å². The average molecular weight is 574 g/mol. The molecule has 1 fully saturated rings. The summed E-state index contributed by atoms with van der Waals surface area (Å²) in [6.45, 7) is 5.25. The molecule has 1 aromatic heterocycles. The minimum Gasteiger partial charge on any atom is -0.493 e. The lowest BCUT2D eigenvalue weighted by atomic mass is 9.60. The predicted molar refractivity (Wildman–Crippen MR) is 161 cm³/mol. The molecular weight excluding hydrogens is 534 g/mol. The molecule has 0 bridgehead atoms. The lowest BCUT2D eigenvalue weighted by Crippen LogP contribution is -2.52. The maximum Gasteiger partial charge on any atom is 0.348 e. The van der Waals surface area contributed by atoms with Crippen molar-refractivity contribution in [2.75, 3.05) is 6.61 Å². The lowest BCUT2D eigenvalue weighted by Gasteiger charge is -2.46. The third kappa shape index (κ3) is 5.34. The molecule has 5 nitrogen and oxygen atoms in total. The Bertz CT molecular complexity index is 1410. The molecule has 0 radical (unpaired) electrons. The van der Waals surface area contributed by atoms with Crippen LogP contribution in [-0.2, 0) is 23.1 Å². The van der Waals surface area contributed by atoms with Gasteiger partial charge in [-0.2, -0.15) is 0 Å². The summed E-state index contributed by atoms with van der Waals surface area (Å²) in [6, 6.07) is 17.9. The number of fused-ring (bicyclic) bond motifs is 3. The number of halogens is 1. The fraction of sp³-hybridized carbons (Fsp3) is 0.486. The summed E-state index contributed by atoms with van der Waals surface area (Å²) in [6.07, 6.45) is 9.86. The van der Waals surface area contributed by atoms with Crippen molar-refractivity contribution in [2.24, 2.45) is 11.8 Å². The molecule has 3 aromatic rings. The second kappa shape index (κ2) is 11.3. The average Bonchev–Trinajstić information content (AvgIpc) is 3.25.